The SMILES string of the molecule is C=CCc1cc(C(=O)NC(C)(CN)CC(C)C)cc(OC)c1OC.Cl. The quantitative estimate of drug-likeness (QED) is 0.654. The summed E-state index contributed by atoms with van der Waals surface area (Å²) in [6.45, 7) is 10.3. The lowest BCUT2D eigenvalue weighted by molar-refractivity contribution is 0.0897. The van der Waals surface area contributed by atoms with Crippen molar-refractivity contribution < 1.29 is 14.3 Å². The second-order valence-electron chi connectivity index (χ2n) is 6.68. The summed E-state index contributed by atoms with van der Waals surface area (Å²) in [6.07, 6.45) is 3.16. The normalized spacial score (nSPS) is 12.8. The number of hydrogen-bond acceptors (Lipinski definition) is 4. The zero-order valence-electron chi connectivity index (χ0n) is 15.8. The van der Waals surface area contributed by atoms with Crippen LogP contribution in [0.25, 0.3) is 0 Å². The van der Waals surface area contributed by atoms with Gasteiger partial charge in [-0.3, -0.25) is 4.79 Å². The van der Waals surface area contributed by atoms with Crippen LogP contribution in [0.3, 0.4) is 0 Å². The fraction of sp³-hybridized carbons (Fsp3) is 0.526. The molecule has 0 bridgehead atoms. The number of benzene rings is 1. The number of rotatable bonds is 9. The van der Waals surface area contributed by atoms with E-state index in [1.807, 2.05) is 13.0 Å². The molecule has 1 unspecified atom stereocenters. The third kappa shape index (κ3) is 6.25. The average Bonchev–Trinajstić information content (AvgIpc) is 2.53. The van der Waals surface area contributed by atoms with Gasteiger partial charge in [-0.2, -0.15) is 0 Å². The Bertz CT molecular complexity index is 590. The van der Waals surface area contributed by atoms with Crippen LogP contribution in [0.2, 0.25) is 0 Å². The summed E-state index contributed by atoms with van der Waals surface area (Å²) in [5.74, 6) is 1.41. The average molecular weight is 371 g/mol. The van der Waals surface area contributed by atoms with Crippen molar-refractivity contribution in [2.45, 2.75) is 39.2 Å². The van der Waals surface area contributed by atoms with E-state index in [1.165, 1.54) is 0 Å². The molecule has 1 aromatic rings. The van der Waals surface area contributed by atoms with Crippen molar-refractivity contribution in [3.63, 3.8) is 0 Å². The zero-order chi connectivity index (χ0) is 18.3. The molecule has 0 aliphatic rings. The molecular formula is C19H31ClN2O3. The van der Waals surface area contributed by atoms with E-state index in [9.17, 15) is 4.79 Å². The van der Waals surface area contributed by atoms with Crippen LogP contribution in [-0.4, -0.2) is 32.2 Å². The molecule has 3 N–H and O–H groups in total. The van der Waals surface area contributed by atoms with Gasteiger partial charge in [0.2, 0.25) is 0 Å². The third-order valence-electron chi connectivity index (χ3n) is 3.91. The summed E-state index contributed by atoms with van der Waals surface area (Å²) >= 11 is 0. The van der Waals surface area contributed by atoms with E-state index in [1.54, 1.807) is 26.4 Å². The van der Waals surface area contributed by atoms with Crippen LogP contribution in [0.4, 0.5) is 0 Å². The van der Waals surface area contributed by atoms with Gasteiger partial charge < -0.3 is 20.5 Å². The number of halogens is 1. The predicted molar refractivity (Wildman–Crippen MR) is 105 cm³/mol. The van der Waals surface area contributed by atoms with Crippen LogP contribution < -0.4 is 20.5 Å². The summed E-state index contributed by atoms with van der Waals surface area (Å²) in [5.41, 5.74) is 6.82. The van der Waals surface area contributed by atoms with E-state index in [-0.39, 0.29) is 18.3 Å². The van der Waals surface area contributed by atoms with Gasteiger partial charge in [0.15, 0.2) is 11.5 Å². The molecule has 0 saturated carbocycles. The maximum Gasteiger partial charge on any atom is 0.251 e. The largest absolute Gasteiger partial charge is 0.493 e. The van der Waals surface area contributed by atoms with E-state index < -0.39 is 5.54 Å². The van der Waals surface area contributed by atoms with E-state index in [4.69, 9.17) is 15.2 Å². The van der Waals surface area contributed by atoms with Gasteiger partial charge in [-0.15, -0.1) is 19.0 Å². The maximum absolute atomic E-state index is 12.7. The highest BCUT2D eigenvalue weighted by atomic mass is 35.5. The summed E-state index contributed by atoms with van der Waals surface area (Å²) in [5, 5.41) is 3.06. The van der Waals surface area contributed by atoms with Crippen LogP contribution in [0, 0.1) is 5.92 Å². The minimum atomic E-state index is -0.447. The molecule has 0 aliphatic carbocycles. The standard InChI is InChI=1S/C19H30N2O3.ClH/c1-7-8-14-9-15(10-16(23-5)17(14)24-6)18(22)21-19(4,12-20)11-13(2)3;/h7,9-10,13H,1,8,11-12,20H2,2-6H3,(H,21,22);1H. The first kappa shape index (κ1) is 23.3. The Labute approximate surface area is 157 Å². The molecular weight excluding hydrogens is 340 g/mol. The number of methoxy groups -OCH3 is 2. The Morgan fingerprint density at radius 1 is 1.36 bits per heavy atom. The van der Waals surface area contributed by atoms with Gasteiger partial charge in [-0.1, -0.05) is 19.9 Å². The summed E-state index contributed by atoms with van der Waals surface area (Å²) in [4.78, 5) is 12.7. The molecule has 1 amide bonds. The molecule has 1 atom stereocenters. The number of nitrogens with two attached hydrogens (primary N) is 1. The molecule has 0 spiro atoms. The van der Waals surface area contributed by atoms with Crippen molar-refractivity contribution in [1.82, 2.24) is 5.32 Å². The minimum absolute atomic E-state index is 0. The number of hydrogen-bond donors (Lipinski definition) is 2. The van der Waals surface area contributed by atoms with E-state index in [0.29, 0.717) is 35.9 Å². The summed E-state index contributed by atoms with van der Waals surface area (Å²) in [6, 6.07) is 3.50. The fourth-order valence-electron chi connectivity index (χ4n) is 2.91. The summed E-state index contributed by atoms with van der Waals surface area (Å²) in [7, 11) is 3.14. The minimum Gasteiger partial charge on any atom is -0.493 e. The van der Waals surface area contributed by atoms with Crippen molar-refractivity contribution in [3.05, 3.63) is 35.9 Å². The van der Waals surface area contributed by atoms with Gasteiger partial charge in [0.05, 0.1) is 14.2 Å². The Morgan fingerprint density at radius 2 is 2.00 bits per heavy atom. The number of nitrogens with one attached hydrogen (secondary N) is 1. The smallest absolute Gasteiger partial charge is 0.251 e. The van der Waals surface area contributed by atoms with Crippen molar-refractivity contribution in [1.29, 1.82) is 0 Å². The van der Waals surface area contributed by atoms with E-state index >= 15 is 0 Å². The molecule has 5 nitrogen and oxygen atoms in total. The molecule has 142 valence electrons. The van der Waals surface area contributed by atoms with Crippen molar-refractivity contribution in [2.24, 2.45) is 11.7 Å². The number of amides is 1. The predicted octanol–water partition coefficient (Wildman–Crippen LogP) is 3.35. The highest BCUT2D eigenvalue weighted by molar-refractivity contribution is 5.95. The molecule has 0 radical (unpaired) electrons. The topological polar surface area (TPSA) is 73.6 Å². The Hall–Kier alpha value is -1.72. The maximum atomic E-state index is 12.7. The third-order valence-corrected chi connectivity index (χ3v) is 3.91. The van der Waals surface area contributed by atoms with Crippen molar-refractivity contribution >= 4 is 18.3 Å². The van der Waals surface area contributed by atoms with Crippen LogP contribution in [0.15, 0.2) is 24.8 Å². The molecule has 1 rings (SSSR count). The Morgan fingerprint density at radius 3 is 2.44 bits per heavy atom. The van der Waals surface area contributed by atoms with Crippen LogP contribution in [0.5, 0.6) is 11.5 Å². The van der Waals surface area contributed by atoms with Gasteiger partial charge >= 0.3 is 0 Å². The van der Waals surface area contributed by atoms with Gasteiger partial charge in [0.25, 0.3) is 5.91 Å². The van der Waals surface area contributed by atoms with Crippen molar-refractivity contribution in [2.75, 3.05) is 20.8 Å². The highest BCUT2D eigenvalue weighted by Crippen LogP contribution is 2.33. The zero-order valence-corrected chi connectivity index (χ0v) is 16.7. The lowest BCUT2D eigenvalue weighted by Crippen LogP contribution is -2.52. The summed E-state index contributed by atoms with van der Waals surface area (Å²) < 4.78 is 10.8. The van der Waals surface area contributed by atoms with Crippen molar-refractivity contribution in [3.8, 4) is 11.5 Å². The molecule has 25 heavy (non-hydrogen) atoms. The molecule has 0 aromatic heterocycles. The van der Waals surface area contributed by atoms with E-state index in [0.717, 1.165) is 12.0 Å². The fourth-order valence-corrected chi connectivity index (χ4v) is 2.91. The van der Waals surface area contributed by atoms with E-state index in [2.05, 4.69) is 25.7 Å². The first-order valence-corrected chi connectivity index (χ1v) is 8.18. The number of allylic oxidation sites excluding steroid dienone is 1. The number of carbonyl (C=O) groups excluding carboxylic acids is 1. The van der Waals surface area contributed by atoms with Gasteiger partial charge in [0.1, 0.15) is 0 Å². The molecule has 6 heteroatoms. The molecule has 0 saturated heterocycles. The molecule has 0 heterocycles. The van der Waals surface area contributed by atoms with Crippen LogP contribution in [0.1, 0.15) is 43.1 Å². The van der Waals surface area contributed by atoms with Gasteiger partial charge in [-0.25, -0.2) is 0 Å². The number of ether oxygens (including phenoxy) is 2. The molecule has 1 aromatic carbocycles. The number of carbonyl (C=O) groups is 1. The lowest BCUT2D eigenvalue weighted by atomic mass is 9.90. The Balaban J connectivity index is 0.00000576. The van der Waals surface area contributed by atoms with Crippen LogP contribution >= 0.6 is 12.4 Å². The molecule has 0 fully saturated rings. The first-order chi connectivity index (χ1) is 11.3. The van der Waals surface area contributed by atoms with Crippen LogP contribution in [-0.2, 0) is 6.42 Å². The lowest BCUT2D eigenvalue weighted by Gasteiger charge is -2.31. The second kappa shape index (κ2) is 10.3. The first-order valence-electron chi connectivity index (χ1n) is 8.18. The Kier molecular flexibility index (Phi) is 9.60. The highest BCUT2D eigenvalue weighted by Gasteiger charge is 2.27. The molecule has 0 aliphatic heterocycles. The second-order valence-corrected chi connectivity index (χ2v) is 6.68. The van der Waals surface area contributed by atoms with Gasteiger partial charge in [0, 0.05) is 23.2 Å². The monoisotopic (exact) mass is 370 g/mol. The van der Waals surface area contributed by atoms with Gasteiger partial charge in [-0.05, 0) is 37.8 Å².